The minimum Gasteiger partial charge on any atom is -0.493 e. The van der Waals surface area contributed by atoms with Crippen LogP contribution < -0.4 is 19.7 Å². The Labute approximate surface area is 161 Å². The maximum Gasteiger partial charge on any atom is 0.414 e. The van der Waals surface area contributed by atoms with Crippen molar-refractivity contribution in [2.45, 2.75) is 6.10 Å². The highest BCUT2D eigenvalue weighted by Crippen LogP contribution is 2.26. The Balaban J connectivity index is 1.47. The molecule has 142 valence electrons. The molecule has 3 rings (SSSR count). The third-order valence-corrected chi connectivity index (χ3v) is 4.18. The zero-order chi connectivity index (χ0) is 19.2. The molecular formula is C19H19ClN2O5. The van der Waals surface area contributed by atoms with Crippen molar-refractivity contribution in [3.05, 3.63) is 53.6 Å². The number of hydrogen-bond acceptors (Lipinski definition) is 5. The number of carbonyl (C=O) groups excluding carboxylic acids is 2. The van der Waals surface area contributed by atoms with Crippen LogP contribution in [0.3, 0.4) is 0 Å². The van der Waals surface area contributed by atoms with Gasteiger partial charge in [-0.05, 0) is 30.3 Å². The minimum atomic E-state index is -0.471. The quantitative estimate of drug-likeness (QED) is 0.786. The van der Waals surface area contributed by atoms with Crippen LogP contribution in [0.15, 0.2) is 48.5 Å². The van der Waals surface area contributed by atoms with Crippen molar-refractivity contribution < 1.29 is 23.8 Å². The summed E-state index contributed by atoms with van der Waals surface area (Å²) in [5, 5.41) is 3.23. The molecule has 0 aliphatic carbocycles. The summed E-state index contributed by atoms with van der Waals surface area (Å²) in [6.07, 6.45) is -0.923. The van der Waals surface area contributed by atoms with Gasteiger partial charge in [0.2, 0.25) is 0 Å². The fraction of sp³-hybridized carbons (Fsp3) is 0.263. The van der Waals surface area contributed by atoms with Gasteiger partial charge >= 0.3 is 6.09 Å². The predicted molar refractivity (Wildman–Crippen MR) is 101 cm³/mol. The summed E-state index contributed by atoms with van der Waals surface area (Å²) in [5.74, 6) is 0.708. The molecule has 27 heavy (non-hydrogen) atoms. The van der Waals surface area contributed by atoms with Gasteiger partial charge in [-0.2, -0.15) is 0 Å². The lowest BCUT2D eigenvalue weighted by Crippen LogP contribution is -2.37. The van der Waals surface area contributed by atoms with E-state index in [-0.39, 0.29) is 19.1 Å². The van der Waals surface area contributed by atoms with Crippen molar-refractivity contribution in [2.75, 3.05) is 31.7 Å². The van der Waals surface area contributed by atoms with Crippen LogP contribution in [0.25, 0.3) is 0 Å². The van der Waals surface area contributed by atoms with Crippen molar-refractivity contribution in [3.8, 4) is 11.5 Å². The lowest BCUT2D eigenvalue weighted by atomic mass is 10.2. The van der Waals surface area contributed by atoms with Crippen LogP contribution >= 0.6 is 11.6 Å². The molecule has 1 atom stereocenters. The zero-order valence-corrected chi connectivity index (χ0v) is 15.4. The Morgan fingerprint density at radius 2 is 2.04 bits per heavy atom. The molecule has 2 amide bonds. The first-order valence-electron chi connectivity index (χ1n) is 8.33. The van der Waals surface area contributed by atoms with E-state index in [1.54, 1.807) is 42.5 Å². The molecule has 2 aromatic carbocycles. The number of hydrogen-bond donors (Lipinski definition) is 1. The monoisotopic (exact) mass is 390 g/mol. The van der Waals surface area contributed by atoms with Crippen molar-refractivity contribution in [3.63, 3.8) is 0 Å². The Hall–Kier alpha value is -2.93. The molecule has 0 radical (unpaired) electrons. The lowest BCUT2D eigenvalue weighted by Gasteiger charge is -2.13. The molecule has 2 aromatic rings. The number of benzene rings is 2. The van der Waals surface area contributed by atoms with E-state index < -0.39 is 12.2 Å². The fourth-order valence-corrected chi connectivity index (χ4v) is 2.83. The van der Waals surface area contributed by atoms with Gasteiger partial charge in [-0.1, -0.05) is 29.8 Å². The van der Waals surface area contributed by atoms with Gasteiger partial charge in [0, 0.05) is 10.7 Å². The van der Waals surface area contributed by atoms with Crippen LogP contribution in [0.5, 0.6) is 11.5 Å². The first kappa shape index (κ1) is 18.8. The number of cyclic esters (lactones) is 1. The third kappa shape index (κ3) is 4.83. The number of para-hydroxylation sites is 2. The minimum absolute atomic E-state index is 0.168. The van der Waals surface area contributed by atoms with Crippen LogP contribution in [-0.4, -0.2) is 44.9 Å². The highest BCUT2D eigenvalue weighted by atomic mass is 35.5. The van der Waals surface area contributed by atoms with E-state index in [0.717, 1.165) is 0 Å². The largest absolute Gasteiger partial charge is 0.493 e. The molecule has 0 aromatic heterocycles. The second-order valence-electron chi connectivity index (χ2n) is 5.84. The van der Waals surface area contributed by atoms with Gasteiger partial charge in [-0.3, -0.25) is 9.69 Å². The average molecular weight is 391 g/mol. The maximum absolute atomic E-state index is 12.0. The summed E-state index contributed by atoms with van der Waals surface area (Å²) >= 11 is 5.96. The van der Waals surface area contributed by atoms with Crippen molar-refractivity contribution in [1.29, 1.82) is 0 Å². The Kier molecular flexibility index (Phi) is 6.03. The number of amides is 2. The Morgan fingerprint density at radius 1 is 1.26 bits per heavy atom. The first-order valence-corrected chi connectivity index (χ1v) is 8.71. The summed E-state index contributed by atoms with van der Waals surface area (Å²) in [7, 11) is 1.53. The highest BCUT2D eigenvalue weighted by molar-refractivity contribution is 6.30. The van der Waals surface area contributed by atoms with Crippen LogP contribution in [0.4, 0.5) is 10.5 Å². The number of rotatable bonds is 7. The number of methoxy groups -OCH3 is 1. The Morgan fingerprint density at radius 3 is 2.78 bits per heavy atom. The highest BCUT2D eigenvalue weighted by Gasteiger charge is 2.32. The smallest absolute Gasteiger partial charge is 0.414 e. The zero-order valence-electron chi connectivity index (χ0n) is 14.7. The van der Waals surface area contributed by atoms with E-state index in [4.69, 9.17) is 25.8 Å². The normalized spacial score (nSPS) is 16.0. The van der Waals surface area contributed by atoms with Crippen LogP contribution in [0, 0.1) is 0 Å². The maximum atomic E-state index is 12.0. The molecule has 8 heteroatoms. The molecular weight excluding hydrogens is 372 g/mol. The second kappa shape index (κ2) is 8.64. The number of halogens is 1. The summed E-state index contributed by atoms with van der Waals surface area (Å²) in [6, 6.07) is 14.0. The SMILES string of the molecule is COc1ccccc1OCC(=O)NC[C@@H]1CN(c2cccc(Cl)c2)C(=O)O1. The number of nitrogens with zero attached hydrogens (tertiary/aromatic N) is 1. The van der Waals surface area contributed by atoms with Gasteiger partial charge < -0.3 is 19.5 Å². The van der Waals surface area contributed by atoms with Gasteiger partial charge in [-0.15, -0.1) is 0 Å². The van der Waals surface area contributed by atoms with E-state index in [1.807, 2.05) is 6.07 Å². The Bertz CT molecular complexity index is 829. The molecule has 7 nitrogen and oxygen atoms in total. The van der Waals surface area contributed by atoms with E-state index in [1.165, 1.54) is 12.0 Å². The summed E-state index contributed by atoms with van der Waals surface area (Å²) in [4.78, 5) is 25.5. The molecule has 0 spiro atoms. The fourth-order valence-electron chi connectivity index (χ4n) is 2.64. The average Bonchev–Trinajstić information content (AvgIpc) is 3.05. The van der Waals surface area contributed by atoms with E-state index in [2.05, 4.69) is 5.32 Å². The van der Waals surface area contributed by atoms with Crippen LogP contribution in [0.2, 0.25) is 5.02 Å². The van der Waals surface area contributed by atoms with Gasteiger partial charge in [0.1, 0.15) is 6.10 Å². The van der Waals surface area contributed by atoms with Crippen molar-refractivity contribution in [1.82, 2.24) is 5.32 Å². The first-order chi connectivity index (χ1) is 13.1. The van der Waals surface area contributed by atoms with Gasteiger partial charge in [-0.25, -0.2) is 4.79 Å². The third-order valence-electron chi connectivity index (χ3n) is 3.95. The second-order valence-corrected chi connectivity index (χ2v) is 6.28. The van der Waals surface area contributed by atoms with Crippen molar-refractivity contribution in [2.24, 2.45) is 0 Å². The topological polar surface area (TPSA) is 77.1 Å². The summed E-state index contributed by atoms with van der Waals surface area (Å²) in [6.45, 7) is 0.350. The standard InChI is InChI=1S/C19H19ClN2O5/c1-25-16-7-2-3-8-17(16)26-12-18(23)21-10-15-11-22(19(24)27-15)14-6-4-5-13(20)9-14/h2-9,15H,10-12H2,1H3,(H,21,23)/t15-/m1/s1. The number of nitrogens with one attached hydrogen (secondary N) is 1. The molecule has 1 aliphatic heterocycles. The number of carbonyl (C=O) groups is 2. The molecule has 0 unspecified atom stereocenters. The van der Waals surface area contributed by atoms with Gasteiger partial charge in [0.25, 0.3) is 5.91 Å². The van der Waals surface area contributed by atoms with E-state index in [9.17, 15) is 9.59 Å². The molecule has 0 saturated carbocycles. The molecule has 1 fully saturated rings. The van der Waals surface area contributed by atoms with Gasteiger partial charge in [0.05, 0.1) is 20.2 Å². The predicted octanol–water partition coefficient (Wildman–Crippen LogP) is 2.87. The van der Waals surface area contributed by atoms with E-state index >= 15 is 0 Å². The lowest BCUT2D eigenvalue weighted by molar-refractivity contribution is -0.123. The molecule has 1 N–H and O–H groups in total. The van der Waals surface area contributed by atoms with Crippen molar-refractivity contribution >= 4 is 29.3 Å². The van der Waals surface area contributed by atoms with Crippen LogP contribution in [-0.2, 0) is 9.53 Å². The summed E-state index contributed by atoms with van der Waals surface area (Å²) < 4.78 is 15.9. The number of anilines is 1. The van der Waals surface area contributed by atoms with Crippen LogP contribution in [0.1, 0.15) is 0 Å². The summed E-state index contributed by atoms with van der Waals surface area (Å²) in [5.41, 5.74) is 0.654. The molecule has 0 bridgehead atoms. The van der Waals surface area contributed by atoms with Gasteiger partial charge in [0.15, 0.2) is 18.1 Å². The number of ether oxygens (including phenoxy) is 3. The van der Waals surface area contributed by atoms with E-state index in [0.29, 0.717) is 28.8 Å². The molecule has 1 aliphatic rings. The molecule has 1 saturated heterocycles. The molecule has 1 heterocycles.